The molecule has 1 aliphatic rings. The molecule has 10 heteroatoms. The van der Waals surface area contributed by atoms with Crippen LogP contribution in [0.1, 0.15) is 53.0 Å². The number of nitrogens with zero attached hydrogens (tertiary/aromatic N) is 4. The van der Waals surface area contributed by atoms with Crippen molar-refractivity contribution in [1.29, 1.82) is 0 Å². The first kappa shape index (κ1) is 20.5. The van der Waals surface area contributed by atoms with Gasteiger partial charge in [0.2, 0.25) is 0 Å². The molecule has 2 aromatic rings. The van der Waals surface area contributed by atoms with Gasteiger partial charge < -0.3 is 0 Å². The van der Waals surface area contributed by atoms with Crippen molar-refractivity contribution in [2.24, 2.45) is 7.05 Å². The van der Waals surface area contributed by atoms with Gasteiger partial charge in [0.15, 0.2) is 9.84 Å². The van der Waals surface area contributed by atoms with E-state index in [4.69, 9.17) is 0 Å². The summed E-state index contributed by atoms with van der Waals surface area (Å²) in [5.41, 5.74) is 1.01. The second-order valence-electron chi connectivity index (χ2n) is 7.89. The molecule has 0 bridgehead atoms. The van der Waals surface area contributed by atoms with Crippen LogP contribution in [0.25, 0.3) is 0 Å². The van der Waals surface area contributed by atoms with Crippen molar-refractivity contribution in [1.82, 2.24) is 19.8 Å². The number of hydrogen-bond acceptors (Lipinski definition) is 6. The van der Waals surface area contributed by atoms with E-state index in [1.165, 1.54) is 26.8 Å². The van der Waals surface area contributed by atoms with Crippen LogP contribution in [0.4, 0.5) is 0 Å². The zero-order chi connectivity index (χ0) is 20.9. The zero-order valence-corrected chi connectivity index (χ0v) is 18.2. The molecule has 0 spiro atoms. The van der Waals surface area contributed by atoms with Crippen molar-refractivity contribution in [3.63, 3.8) is 0 Å². The molecule has 0 aliphatic carbocycles. The Hall–Kier alpha value is -2.20. The summed E-state index contributed by atoms with van der Waals surface area (Å²) in [5.74, 6) is -0.666. The van der Waals surface area contributed by atoms with Crippen molar-refractivity contribution >= 4 is 33.0 Å². The quantitative estimate of drug-likeness (QED) is 0.752. The number of carbonyl (C=O) groups is 2. The van der Waals surface area contributed by atoms with E-state index in [9.17, 15) is 18.0 Å². The van der Waals surface area contributed by atoms with E-state index >= 15 is 0 Å². The first-order valence-corrected chi connectivity index (χ1v) is 11.6. The smallest absolute Gasteiger partial charge is 0.266 e. The number of sulfone groups is 1. The summed E-state index contributed by atoms with van der Waals surface area (Å²) < 4.78 is 25.0. The fourth-order valence-corrected chi connectivity index (χ4v) is 4.83. The average Bonchev–Trinajstić information content (AvgIpc) is 3.31. The van der Waals surface area contributed by atoms with Gasteiger partial charge in [-0.1, -0.05) is 20.8 Å². The summed E-state index contributed by atoms with van der Waals surface area (Å²) in [5, 5.41) is 7.25. The average molecular weight is 425 g/mol. The maximum atomic E-state index is 13.1. The van der Waals surface area contributed by atoms with Crippen molar-refractivity contribution in [2.75, 3.05) is 19.3 Å². The minimum Gasteiger partial charge on any atom is -0.266 e. The van der Waals surface area contributed by atoms with E-state index in [-0.39, 0.29) is 21.4 Å². The third kappa shape index (κ3) is 3.83. The van der Waals surface area contributed by atoms with Gasteiger partial charge in [0.25, 0.3) is 11.8 Å². The lowest BCUT2D eigenvalue weighted by Gasteiger charge is -2.27. The molecule has 1 aliphatic heterocycles. The standard InChI is InChI=1S/C18H24N4O4S2/c1-18(2,3)14-11-12(20(4)19-14)16(23)21-9-6-10-22(21)17(24)13-7-8-15(27-13)28(5,25)26/h7-8,11H,6,9-10H2,1-5H3. The summed E-state index contributed by atoms with van der Waals surface area (Å²) in [4.78, 5) is 26.3. The summed E-state index contributed by atoms with van der Waals surface area (Å²) in [6.07, 6.45) is 1.76. The van der Waals surface area contributed by atoms with Crippen molar-refractivity contribution < 1.29 is 18.0 Å². The van der Waals surface area contributed by atoms with Crippen LogP contribution in [-0.2, 0) is 22.3 Å². The van der Waals surface area contributed by atoms with Crippen LogP contribution in [0.3, 0.4) is 0 Å². The summed E-state index contributed by atoms with van der Waals surface area (Å²) in [7, 11) is -1.66. The van der Waals surface area contributed by atoms with Crippen LogP contribution >= 0.6 is 11.3 Å². The number of amides is 2. The molecule has 152 valence electrons. The highest BCUT2D eigenvalue weighted by Gasteiger charge is 2.35. The van der Waals surface area contributed by atoms with Gasteiger partial charge in [-0.15, -0.1) is 11.3 Å². The summed E-state index contributed by atoms with van der Waals surface area (Å²) in [6, 6.07) is 4.68. The lowest BCUT2D eigenvalue weighted by Crippen LogP contribution is -2.45. The number of hydrogen-bond donors (Lipinski definition) is 0. The Bertz CT molecular complexity index is 1030. The molecule has 1 saturated heterocycles. The predicted molar refractivity (Wildman–Crippen MR) is 106 cm³/mol. The molecule has 3 rings (SSSR count). The highest BCUT2D eigenvalue weighted by atomic mass is 32.2. The molecule has 2 aromatic heterocycles. The van der Waals surface area contributed by atoms with Gasteiger partial charge in [0, 0.05) is 31.8 Å². The van der Waals surface area contributed by atoms with Crippen LogP contribution in [0.5, 0.6) is 0 Å². The number of rotatable bonds is 3. The molecule has 0 atom stereocenters. The number of aryl methyl sites for hydroxylation is 1. The molecule has 0 radical (unpaired) electrons. The fraction of sp³-hybridized carbons (Fsp3) is 0.500. The summed E-state index contributed by atoms with van der Waals surface area (Å²) >= 11 is 0.920. The molecule has 1 fully saturated rings. The molecule has 2 amide bonds. The highest BCUT2D eigenvalue weighted by Crippen LogP contribution is 2.26. The maximum Gasteiger partial charge on any atom is 0.290 e. The second kappa shape index (κ2) is 7.00. The van der Waals surface area contributed by atoms with Crippen LogP contribution in [0.15, 0.2) is 22.4 Å². The van der Waals surface area contributed by atoms with E-state index < -0.39 is 9.84 Å². The molecule has 8 nitrogen and oxygen atoms in total. The zero-order valence-electron chi connectivity index (χ0n) is 16.6. The van der Waals surface area contributed by atoms with Crippen molar-refractivity contribution in [3.8, 4) is 0 Å². The lowest BCUT2D eigenvalue weighted by atomic mass is 9.92. The minimum absolute atomic E-state index is 0.134. The van der Waals surface area contributed by atoms with Gasteiger partial charge in [0.05, 0.1) is 10.6 Å². The predicted octanol–water partition coefficient (Wildman–Crippen LogP) is 2.09. The SMILES string of the molecule is Cn1nc(C(C)(C)C)cc1C(=O)N1CCCN1C(=O)c1ccc(S(C)(=O)=O)s1. The van der Waals surface area contributed by atoms with Gasteiger partial charge in [-0.25, -0.2) is 18.4 Å². The van der Waals surface area contributed by atoms with E-state index in [1.807, 2.05) is 20.8 Å². The summed E-state index contributed by atoms with van der Waals surface area (Å²) in [6.45, 7) is 6.88. The van der Waals surface area contributed by atoms with Gasteiger partial charge in [-0.05, 0) is 24.6 Å². The number of carbonyl (C=O) groups excluding carboxylic acids is 2. The Morgan fingerprint density at radius 2 is 1.71 bits per heavy atom. The second-order valence-corrected chi connectivity index (χ2v) is 11.2. The Balaban J connectivity index is 1.87. The van der Waals surface area contributed by atoms with Gasteiger partial charge in [-0.3, -0.25) is 14.3 Å². The molecule has 0 N–H and O–H groups in total. The Morgan fingerprint density at radius 3 is 2.21 bits per heavy atom. The van der Waals surface area contributed by atoms with Crippen LogP contribution in [-0.4, -0.2) is 59.4 Å². The molecule has 0 saturated carbocycles. The van der Waals surface area contributed by atoms with Crippen molar-refractivity contribution in [3.05, 3.63) is 34.5 Å². The molecular weight excluding hydrogens is 400 g/mol. The van der Waals surface area contributed by atoms with Crippen LogP contribution in [0, 0.1) is 0 Å². The normalized spacial score (nSPS) is 15.3. The van der Waals surface area contributed by atoms with Gasteiger partial charge in [0.1, 0.15) is 9.90 Å². The first-order chi connectivity index (χ1) is 12.9. The Labute approximate surface area is 168 Å². The Kier molecular flexibility index (Phi) is 5.13. The van der Waals surface area contributed by atoms with E-state index in [0.29, 0.717) is 30.1 Å². The van der Waals surface area contributed by atoms with Crippen LogP contribution in [0.2, 0.25) is 0 Å². The Morgan fingerprint density at radius 1 is 1.11 bits per heavy atom. The molecule has 3 heterocycles. The van der Waals surface area contributed by atoms with Crippen LogP contribution < -0.4 is 0 Å². The van der Waals surface area contributed by atoms with Crippen molar-refractivity contribution in [2.45, 2.75) is 36.8 Å². The lowest BCUT2D eigenvalue weighted by molar-refractivity contribution is 0.0182. The number of aromatic nitrogens is 2. The van der Waals surface area contributed by atoms with E-state index in [2.05, 4.69) is 5.10 Å². The van der Waals surface area contributed by atoms with Gasteiger partial charge in [-0.2, -0.15) is 5.10 Å². The molecule has 28 heavy (non-hydrogen) atoms. The fourth-order valence-electron chi connectivity index (χ4n) is 2.96. The van der Waals surface area contributed by atoms with Gasteiger partial charge >= 0.3 is 0 Å². The van der Waals surface area contributed by atoms with E-state index in [0.717, 1.165) is 23.3 Å². The third-order valence-electron chi connectivity index (χ3n) is 4.53. The highest BCUT2D eigenvalue weighted by molar-refractivity contribution is 7.92. The number of thiophene rings is 1. The minimum atomic E-state index is -3.37. The molecule has 0 unspecified atom stereocenters. The third-order valence-corrected chi connectivity index (χ3v) is 7.42. The largest absolute Gasteiger partial charge is 0.290 e. The van der Waals surface area contributed by atoms with E-state index in [1.54, 1.807) is 13.1 Å². The molecule has 0 aromatic carbocycles. The monoisotopic (exact) mass is 424 g/mol. The topological polar surface area (TPSA) is 92.6 Å². The molecular formula is C18H24N4O4S2. The first-order valence-electron chi connectivity index (χ1n) is 8.87. The number of hydrazine groups is 1. The maximum absolute atomic E-state index is 13.1.